The number of aliphatic hydroxyl groups is 1. The summed E-state index contributed by atoms with van der Waals surface area (Å²) < 4.78 is 0. The van der Waals surface area contributed by atoms with E-state index >= 15 is 0 Å². The number of hydrogen-bond donors (Lipinski definition) is 2. The molecular weight excluding hydrogens is 370 g/mol. The second-order valence-corrected chi connectivity index (χ2v) is 10.6. The highest BCUT2D eigenvalue weighted by Crippen LogP contribution is 2.54. The molecule has 28 heavy (non-hydrogen) atoms. The molecule has 4 aliphatic heterocycles. The van der Waals surface area contributed by atoms with Crippen LogP contribution in [0.3, 0.4) is 0 Å². The van der Waals surface area contributed by atoms with E-state index in [1.807, 2.05) is 24.3 Å². The van der Waals surface area contributed by atoms with E-state index in [1.165, 1.54) is 4.88 Å². The molecule has 1 aliphatic carbocycles. The van der Waals surface area contributed by atoms with Crippen LogP contribution in [-0.2, 0) is 0 Å². The largest absolute Gasteiger partial charge is 0.388 e. The van der Waals surface area contributed by atoms with Gasteiger partial charge in [0.05, 0.1) is 16.7 Å². The minimum absolute atomic E-state index is 0.0946. The van der Waals surface area contributed by atoms with Gasteiger partial charge in [-0.2, -0.15) is 0 Å². The Morgan fingerprint density at radius 3 is 2.79 bits per heavy atom. The van der Waals surface area contributed by atoms with Gasteiger partial charge in [0.25, 0.3) is 5.91 Å². The molecule has 1 amide bonds. The molecule has 5 nitrogen and oxygen atoms in total. The number of hydrogen-bond acceptors (Lipinski definition) is 5. The van der Waals surface area contributed by atoms with Crippen LogP contribution in [0.2, 0.25) is 0 Å². The Hall–Kier alpha value is -1.89. The molecule has 1 saturated carbocycles. The van der Waals surface area contributed by atoms with Gasteiger partial charge in [0.1, 0.15) is 6.17 Å². The fourth-order valence-corrected chi connectivity index (χ4v) is 7.38. The Labute approximate surface area is 169 Å². The molecule has 6 heteroatoms. The second kappa shape index (κ2) is 5.59. The maximum Gasteiger partial charge on any atom is 0.258 e. The summed E-state index contributed by atoms with van der Waals surface area (Å²) in [7, 11) is 0. The highest BCUT2D eigenvalue weighted by Gasteiger charge is 2.61. The lowest BCUT2D eigenvalue weighted by atomic mass is 9.60. The summed E-state index contributed by atoms with van der Waals surface area (Å²) in [6.45, 7) is 4.78. The van der Waals surface area contributed by atoms with E-state index in [0.717, 1.165) is 48.6 Å². The first-order chi connectivity index (χ1) is 13.4. The Balaban J connectivity index is 1.50. The van der Waals surface area contributed by atoms with Crippen molar-refractivity contribution in [3.05, 3.63) is 51.7 Å². The Kier molecular flexibility index (Phi) is 3.39. The number of piperidine rings is 3. The molecule has 3 saturated heterocycles. The van der Waals surface area contributed by atoms with Crippen molar-refractivity contribution in [3.63, 3.8) is 0 Å². The average Bonchev–Trinajstić information content (AvgIpc) is 3.05. The number of benzene rings is 1. The van der Waals surface area contributed by atoms with Gasteiger partial charge >= 0.3 is 0 Å². The molecule has 0 radical (unpaired) electrons. The third-order valence-electron chi connectivity index (χ3n) is 7.02. The van der Waals surface area contributed by atoms with Gasteiger partial charge < -0.3 is 15.3 Å². The van der Waals surface area contributed by atoms with Crippen LogP contribution < -0.4 is 5.32 Å². The van der Waals surface area contributed by atoms with Crippen molar-refractivity contribution in [1.82, 2.24) is 9.80 Å². The summed E-state index contributed by atoms with van der Waals surface area (Å²) >= 11 is 1.75. The summed E-state index contributed by atoms with van der Waals surface area (Å²) in [5, 5.41) is 14.9. The van der Waals surface area contributed by atoms with E-state index in [1.54, 1.807) is 11.3 Å². The summed E-state index contributed by atoms with van der Waals surface area (Å²) in [5.74, 6) is 0.564. The third kappa shape index (κ3) is 2.34. The number of nitrogens with one attached hydrogen (secondary N) is 1. The van der Waals surface area contributed by atoms with Crippen LogP contribution in [0, 0.1) is 12.8 Å². The molecule has 146 valence electrons. The highest BCUT2D eigenvalue weighted by molar-refractivity contribution is 7.12. The average molecular weight is 396 g/mol. The zero-order valence-corrected chi connectivity index (χ0v) is 16.8. The molecule has 2 N–H and O–H groups in total. The van der Waals surface area contributed by atoms with Crippen molar-refractivity contribution in [1.29, 1.82) is 0 Å². The van der Waals surface area contributed by atoms with Crippen molar-refractivity contribution in [2.45, 2.75) is 43.5 Å². The molecule has 4 bridgehead atoms. The van der Waals surface area contributed by atoms with E-state index in [-0.39, 0.29) is 17.6 Å². The number of nitrogens with zero attached hydrogens (tertiary/aromatic N) is 2. The number of carbonyl (C=O) groups excluding carboxylic acids is 1. The number of aryl methyl sites for hydroxylation is 1. The van der Waals surface area contributed by atoms with Gasteiger partial charge in [-0.15, -0.1) is 11.3 Å². The van der Waals surface area contributed by atoms with Gasteiger partial charge in [0.15, 0.2) is 0 Å². The van der Waals surface area contributed by atoms with Crippen molar-refractivity contribution >= 4 is 22.9 Å². The lowest BCUT2D eigenvalue weighted by Gasteiger charge is -2.65. The molecule has 2 aromatic rings. The molecule has 1 aromatic heterocycles. The minimum Gasteiger partial charge on any atom is -0.388 e. The van der Waals surface area contributed by atoms with Crippen LogP contribution in [0.25, 0.3) is 0 Å². The minimum atomic E-state index is -0.660. The van der Waals surface area contributed by atoms with E-state index in [4.69, 9.17) is 0 Å². The predicted octanol–water partition coefficient (Wildman–Crippen LogP) is 3.22. The number of anilines is 1. The van der Waals surface area contributed by atoms with Gasteiger partial charge in [-0.3, -0.25) is 9.69 Å². The van der Waals surface area contributed by atoms with E-state index < -0.39 is 5.60 Å². The summed E-state index contributed by atoms with van der Waals surface area (Å²) in [6, 6.07) is 12.1. The maximum atomic E-state index is 13.8. The SMILES string of the molecule is Cc1ccc(C2Nc3ccccc3C(=O)N2C23CC4CN(CC(O)(C4)C2)C3)s1. The normalized spacial score (nSPS) is 38.4. The summed E-state index contributed by atoms with van der Waals surface area (Å²) in [6.07, 6.45) is 2.37. The van der Waals surface area contributed by atoms with Gasteiger partial charge in [0, 0.05) is 41.5 Å². The molecule has 4 fully saturated rings. The van der Waals surface area contributed by atoms with Gasteiger partial charge in [-0.25, -0.2) is 0 Å². The van der Waals surface area contributed by atoms with Crippen LogP contribution in [0.15, 0.2) is 36.4 Å². The summed E-state index contributed by atoms with van der Waals surface area (Å²) in [5.41, 5.74) is 0.675. The third-order valence-corrected chi connectivity index (χ3v) is 8.07. The predicted molar refractivity (Wildman–Crippen MR) is 109 cm³/mol. The van der Waals surface area contributed by atoms with Crippen molar-refractivity contribution in [2.24, 2.45) is 5.92 Å². The zero-order valence-electron chi connectivity index (χ0n) is 16.0. The van der Waals surface area contributed by atoms with Crippen LogP contribution in [0.4, 0.5) is 5.69 Å². The second-order valence-electron chi connectivity index (χ2n) is 9.29. The Morgan fingerprint density at radius 1 is 1.18 bits per heavy atom. The number of carbonyl (C=O) groups is 1. The van der Waals surface area contributed by atoms with Gasteiger partial charge in [-0.05, 0) is 49.9 Å². The van der Waals surface area contributed by atoms with Crippen molar-refractivity contribution in [3.8, 4) is 0 Å². The van der Waals surface area contributed by atoms with Crippen LogP contribution in [0.5, 0.6) is 0 Å². The first kappa shape index (κ1) is 17.0. The van der Waals surface area contributed by atoms with Crippen LogP contribution in [-0.4, -0.2) is 51.6 Å². The summed E-state index contributed by atoms with van der Waals surface area (Å²) in [4.78, 5) is 20.7. The van der Waals surface area contributed by atoms with Gasteiger partial charge in [-0.1, -0.05) is 12.1 Å². The maximum absolute atomic E-state index is 13.8. The standard InChI is InChI=1S/C22H25N3O2S/c1-14-6-7-18(28-14)19-23-17-5-3-2-4-16(17)20(26)25(19)21-8-15-9-22(27,11-21)13-24(10-15)12-21/h2-7,15,19,23,27H,8-13H2,1H3. The zero-order chi connectivity index (χ0) is 19.1. The van der Waals surface area contributed by atoms with Crippen LogP contribution >= 0.6 is 11.3 Å². The molecule has 5 aliphatic rings. The van der Waals surface area contributed by atoms with E-state index in [9.17, 15) is 9.90 Å². The highest BCUT2D eigenvalue weighted by atomic mass is 32.1. The van der Waals surface area contributed by atoms with Crippen molar-refractivity contribution < 1.29 is 9.90 Å². The monoisotopic (exact) mass is 395 g/mol. The lowest BCUT2D eigenvalue weighted by molar-refractivity contribution is -0.184. The lowest BCUT2D eigenvalue weighted by Crippen LogP contribution is -2.75. The Morgan fingerprint density at radius 2 is 2.04 bits per heavy atom. The number of para-hydroxylation sites is 1. The van der Waals surface area contributed by atoms with Gasteiger partial charge in [0.2, 0.25) is 0 Å². The molecule has 5 atom stereocenters. The smallest absolute Gasteiger partial charge is 0.258 e. The van der Waals surface area contributed by atoms with Crippen molar-refractivity contribution in [2.75, 3.05) is 25.0 Å². The molecular formula is C22H25N3O2S. The number of thiophene rings is 1. The molecule has 7 rings (SSSR count). The first-order valence-corrected chi connectivity index (χ1v) is 11.0. The molecule has 0 spiro atoms. The van der Waals surface area contributed by atoms with Crippen LogP contribution in [0.1, 0.15) is 45.5 Å². The molecule has 5 heterocycles. The fraction of sp³-hybridized carbons (Fsp3) is 0.500. The quantitative estimate of drug-likeness (QED) is 0.820. The Bertz CT molecular complexity index is 956. The first-order valence-electron chi connectivity index (χ1n) is 10.2. The number of rotatable bonds is 2. The number of fused-ring (bicyclic) bond motifs is 1. The fourth-order valence-electron chi connectivity index (χ4n) is 6.46. The number of amides is 1. The van der Waals surface area contributed by atoms with E-state index in [2.05, 4.69) is 34.2 Å². The van der Waals surface area contributed by atoms with E-state index in [0.29, 0.717) is 12.3 Å². The molecule has 1 aromatic carbocycles. The topological polar surface area (TPSA) is 55.8 Å². The molecule has 5 unspecified atom stereocenters.